The molecule has 0 radical (unpaired) electrons. The molecule has 10 heteroatoms. The smallest absolute Gasteiger partial charge is 0.246 e. The van der Waals surface area contributed by atoms with Crippen LogP contribution >= 0.6 is 0 Å². The number of aliphatic hydroxyl groups excluding tert-OH is 1. The molecule has 3 fully saturated rings. The predicted octanol–water partition coefficient (Wildman–Crippen LogP) is 9.85. The van der Waals surface area contributed by atoms with Gasteiger partial charge in [-0.3, -0.25) is 24.0 Å². The second-order valence-corrected chi connectivity index (χ2v) is 16.2. The summed E-state index contributed by atoms with van der Waals surface area (Å²) in [6, 6.07) is 9.24. The Hall–Kier alpha value is -3.79. The Morgan fingerprint density at radius 1 is 0.847 bits per heavy atom. The van der Waals surface area contributed by atoms with Crippen molar-refractivity contribution in [1.82, 2.24) is 15.1 Å². The van der Waals surface area contributed by atoms with Crippen LogP contribution in [0.25, 0.3) is 0 Å². The molecular weight excluding hydrogens is 743 g/mol. The van der Waals surface area contributed by atoms with Crippen LogP contribution < -0.4 is 5.32 Å². The molecule has 0 aromatic heterocycles. The Morgan fingerprint density at radius 2 is 1.37 bits per heavy atom. The lowest BCUT2D eigenvalue weighted by molar-refractivity contribution is -0.140. The van der Waals surface area contributed by atoms with Crippen molar-refractivity contribution in [3.05, 3.63) is 60.5 Å². The molecule has 4 rings (SSSR count). The van der Waals surface area contributed by atoms with Crippen molar-refractivity contribution in [1.29, 1.82) is 0 Å². The zero-order chi connectivity index (χ0) is 45.5. The maximum Gasteiger partial charge on any atom is 0.246 e. The molecule has 1 saturated heterocycles. The number of benzene rings is 1. The van der Waals surface area contributed by atoms with Crippen molar-refractivity contribution in [3.8, 4) is 0 Å². The number of nitrogens with zero attached hydrogens (tertiary/aromatic N) is 2. The van der Waals surface area contributed by atoms with E-state index >= 15 is 0 Å². The standard InChI is InChI=1S/C18H30N2O3.C11H15NO.C10H16O2.C5H10.C3H8.C2H6O/c1-4-23-14(3)19-17(15-9-6-5-7-10-15)18(22)20-12-8-11-16(20)13(2)21;1-9(11(13)12(2)3)10-7-5-4-6-8-10;1-7(10(12)8(2)11)6-9-4-3-5-9;1-4-5(2)3;1-3-2;1-2-3/h15-17,19H,3-12H2,1-2H3;4-9H,1-3H3;7,9H,3-6H2,1-2H3;2,4H2,1,3H3;3H2,1-2H3;3H,2H2,1H3. The van der Waals surface area contributed by atoms with Gasteiger partial charge in [-0.15, -0.1) is 6.58 Å². The molecule has 3 aliphatic rings. The Kier molecular flexibility index (Phi) is 33.0. The van der Waals surface area contributed by atoms with Gasteiger partial charge in [-0.1, -0.05) is 109 Å². The summed E-state index contributed by atoms with van der Waals surface area (Å²) in [6.07, 6.45) is 14.4. The van der Waals surface area contributed by atoms with E-state index in [1.54, 1.807) is 37.7 Å². The van der Waals surface area contributed by atoms with Gasteiger partial charge in [0.1, 0.15) is 6.04 Å². The number of carbonyl (C=O) groups is 5. The fourth-order valence-electron chi connectivity index (χ4n) is 6.82. The van der Waals surface area contributed by atoms with Crippen molar-refractivity contribution < 1.29 is 33.8 Å². The highest BCUT2D eigenvalue weighted by Crippen LogP contribution is 2.32. The lowest BCUT2D eigenvalue weighted by Gasteiger charge is -2.35. The van der Waals surface area contributed by atoms with Crippen molar-refractivity contribution >= 4 is 29.2 Å². The molecule has 4 unspecified atom stereocenters. The summed E-state index contributed by atoms with van der Waals surface area (Å²) in [5, 5.41) is 10.8. The summed E-state index contributed by atoms with van der Waals surface area (Å²) < 4.78 is 5.41. The maximum atomic E-state index is 13.1. The lowest BCUT2D eigenvalue weighted by Crippen LogP contribution is -2.53. The Bertz CT molecular complexity index is 1350. The van der Waals surface area contributed by atoms with E-state index < -0.39 is 0 Å². The van der Waals surface area contributed by atoms with Crippen LogP contribution in [0.3, 0.4) is 0 Å². The van der Waals surface area contributed by atoms with Gasteiger partial charge in [-0.2, -0.15) is 0 Å². The molecule has 1 aromatic carbocycles. The second-order valence-electron chi connectivity index (χ2n) is 16.2. The van der Waals surface area contributed by atoms with Crippen molar-refractivity contribution in [2.24, 2.45) is 17.8 Å². The highest BCUT2D eigenvalue weighted by atomic mass is 16.5. The first kappa shape index (κ1) is 57.3. The molecule has 1 heterocycles. The number of ketones is 3. The van der Waals surface area contributed by atoms with E-state index in [0.717, 1.165) is 56.9 Å². The Labute approximate surface area is 360 Å². The fourth-order valence-corrected chi connectivity index (χ4v) is 6.82. The first-order valence-electron chi connectivity index (χ1n) is 22.3. The third kappa shape index (κ3) is 24.8. The molecular formula is C49H85N3O7. The second kappa shape index (κ2) is 34.0. The molecule has 2 N–H and O–H groups in total. The summed E-state index contributed by atoms with van der Waals surface area (Å²) in [6.45, 7) is 27.7. The molecule has 338 valence electrons. The van der Waals surface area contributed by atoms with Gasteiger partial charge < -0.3 is 25.0 Å². The van der Waals surface area contributed by atoms with E-state index in [0.29, 0.717) is 30.9 Å². The summed E-state index contributed by atoms with van der Waals surface area (Å²) in [5.74, 6) is 1.15. The third-order valence-corrected chi connectivity index (χ3v) is 10.4. The van der Waals surface area contributed by atoms with Crippen molar-refractivity contribution in [2.75, 3.05) is 33.9 Å². The minimum Gasteiger partial charge on any atom is -0.480 e. The SMILES string of the molecule is C=C(C)CC.C=C(NC(C(=O)N1CCCC1C(C)=O)C1CCCCC1)OCC.CC(=O)C(=O)C(C)CC1CCC1.CC(C(=O)N(C)C)c1ccccc1.CCC.CCO. The van der Waals surface area contributed by atoms with Gasteiger partial charge in [-0.25, -0.2) is 0 Å². The fraction of sp³-hybridized carbons (Fsp3) is 0.694. The number of carbonyl (C=O) groups excluding carboxylic acids is 5. The van der Waals surface area contributed by atoms with Gasteiger partial charge in [0.2, 0.25) is 17.6 Å². The summed E-state index contributed by atoms with van der Waals surface area (Å²) in [5.41, 5.74) is 2.33. The summed E-state index contributed by atoms with van der Waals surface area (Å²) in [7, 11) is 3.56. The number of aliphatic hydroxyl groups is 1. The molecule has 2 amide bonds. The zero-order valence-electron chi connectivity index (χ0n) is 39.4. The van der Waals surface area contributed by atoms with E-state index in [9.17, 15) is 24.0 Å². The van der Waals surface area contributed by atoms with E-state index in [-0.39, 0.29) is 59.7 Å². The number of hydrogen-bond acceptors (Lipinski definition) is 8. The number of ether oxygens (including phenoxy) is 1. The van der Waals surface area contributed by atoms with Gasteiger partial charge in [0.05, 0.1) is 18.6 Å². The monoisotopic (exact) mass is 828 g/mol. The number of hydrogen-bond donors (Lipinski definition) is 2. The number of rotatable bonds is 14. The van der Waals surface area contributed by atoms with E-state index in [2.05, 4.69) is 39.2 Å². The number of amides is 2. The highest BCUT2D eigenvalue weighted by Gasteiger charge is 2.39. The van der Waals surface area contributed by atoms with Crippen LogP contribution in [-0.4, -0.2) is 90.0 Å². The maximum absolute atomic E-state index is 13.1. The molecule has 2 aliphatic carbocycles. The van der Waals surface area contributed by atoms with Crippen LogP contribution in [0.1, 0.15) is 164 Å². The van der Waals surface area contributed by atoms with Crippen LogP contribution in [0.15, 0.2) is 54.9 Å². The number of likely N-dealkylation sites (tertiary alicyclic amines) is 1. The minimum absolute atomic E-state index is 0.0375. The highest BCUT2D eigenvalue weighted by molar-refractivity contribution is 6.36. The molecule has 0 spiro atoms. The predicted molar refractivity (Wildman–Crippen MR) is 244 cm³/mol. The molecule has 2 saturated carbocycles. The largest absolute Gasteiger partial charge is 0.480 e. The first-order chi connectivity index (χ1) is 27.9. The molecule has 4 atom stereocenters. The Balaban J connectivity index is 0. The van der Waals surface area contributed by atoms with Gasteiger partial charge in [-0.05, 0) is 97.1 Å². The number of likely N-dealkylation sites (N-methyl/N-ethyl adjacent to an activating group) is 1. The Morgan fingerprint density at radius 3 is 1.78 bits per heavy atom. The number of allylic oxidation sites excluding steroid dienone is 1. The average molecular weight is 828 g/mol. The van der Waals surface area contributed by atoms with Crippen molar-refractivity contribution in [2.45, 2.75) is 171 Å². The van der Waals surface area contributed by atoms with Crippen LogP contribution in [0.2, 0.25) is 0 Å². The molecule has 0 bridgehead atoms. The lowest BCUT2D eigenvalue weighted by atomic mass is 9.78. The number of nitrogens with one attached hydrogen (secondary N) is 1. The number of Topliss-reactive ketones (excluding diaryl/α,β-unsaturated/α-hetero) is 3. The quantitative estimate of drug-likeness (QED) is 0.108. The zero-order valence-corrected chi connectivity index (χ0v) is 39.4. The summed E-state index contributed by atoms with van der Waals surface area (Å²) in [4.78, 5) is 61.8. The topological polar surface area (TPSA) is 133 Å². The minimum atomic E-state index is -0.325. The van der Waals surface area contributed by atoms with E-state index in [4.69, 9.17) is 9.84 Å². The van der Waals surface area contributed by atoms with Crippen LogP contribution in [0, 0.1) is 17.8 Å². The van der Waals surface area contributed by atoms with Gasteiger partial charge in [0.15, 0.2) is 17.4 Å². The summed E-state index contributed by atoms with van der Waals surface area (Å²) >= 11 is 0. The van der Waals surface area contributed by atoms with Gasteiger partial charge >= 0.3 is 0 Å². The normalized spacial score (nSPS) is 17.1. The molecule has 59 heavy (non-hydrogen) atoms. The van der Waals surface area contributed by atoms with Crippen LogP contribution in [0.5, 0.6) is 0 Å². The van der Waals surface area contributed by atoms with Crippen LogP contribution in [-0.2, 0) is 28.7 Å². The average Bonchev–Trinajstić information content (AvgIpc) is 3.70. The first-order valence-corrected chi connectivity index (χ1v) is 22.3. The van der Waals surface area contributed by atoms with Crippen molar-refractivity contribution in [3.63, 3.8) is 0 Å². The van der Waals surface area contributed by atoms with Gasteiger partial charge in [0.25, 0.3) is 0 Å². The third-order valence-electron chi connectivity index (χ3n) is 10.4. The van der Waals surface area contributed by atoms with E-state index in [1.807, 2.05) is 58.0 Å². The molecule has 1 aromatic rings. The van der Waals surface area contributed by atoms with Crippen LogP contribution in [0.4, 0.5) is 0 Å². The van der Waals surface area contributed by atoms with E-state index in [1.165, 1.54) is 44.6 Å². The molecule has 1 aliphatic heterocycles. The molecule has 10 nitrogen and oxygen atoms in total. The van der Waals surface area contributed by atoms with Gasteiger partial charge in [0, 0.05) is 40.1 Å².